The number of benzene rings is 10. The molecule has 0 atom stereocenters. The molecule has 0 amide bonds. The number of fused-ring (bicyclic) bond motifs is 4. The van der Waals surface area contributed by atoms with Crippen molar-refractivity contribution in [2.45, 2.75) is 92.3 Å². The van der Waals surface area contributed by atoms with E-state index in [2.05, 4.69) is 45.3 Å². The fourth-order valence-electron chi connectivity index (χ4n) is 11.5. The van der Waals surface area contributed by atoms with Crippen LogP contribution in [0.5, 0.6) is 11.5 Å². The van der Waals surface area contributed by atoms with Gasteiger partial charge in [0, 0.05) is 52.5 Å². The minimum atomic E-state index is -6.02. The first-order chi connectivity index (χ1) is 50.0. The summed E-state index contributed by atoms with van der Waals surface area (Å²) in [6, 6.07) is 32.6. The monoisotopic (exact) mass is 1350 g/mol. The van der Waals surface area contributed by atoms with E-state index < -0.39 is 139 Å². The molecule has 0 radical (unpaired) electrons. The number of hydrogen-bond acceptors (Lipinski definition) is 2. The minimum absolute atomic E-state index is 0. The zero-order valence-electron chi connectivity index (χ0n) is 70.4. The first-order valence-electron chi connectivity index (χ1n) is 38.8. The van der Waals surface area contributed by atoms with Gasteiger partial charge >= 0.3 is 0 Å². The second kappa shape index (κ2) is 22.9. The van der Waals surface area contributed by atoms with Gasteiger partial charge in [-0.25, -0.2) is 4.98 Å². The Bertz CT molecular complexity index is 5570. The maximum absolute atomic E-state index is 10.2. The molecule has 0 unspecified atom stereocenters. The molecule has 0 fully saturated rings. The molecule has 0 saturated carbocycles. The van der Waals surface area contributed by atoms with E-state index in [1.807, 2.05) is 101 Å². The van der Waals surface area contributed by atoms with Crippen molar-refractivity contribution in [3.63, 3.8) is 0 Å². The number of rotatable bonds is 11. The molecule has 3 heterocycles. The molecule has 0 aliphatic rings. The number of pyridine rings is 1. The van der Waals surface area contributed by atoms with Crippen LogP contribution in [-0.4, -0.2) is 22.2 Å². The summed E-state index contributed by atoms with van der Waals surface area (Å²) in [5.41, 5.74) is 3.33. The SMILES string of the molecule is [2H]c1c([2H])c([2H])c([Si](c2cccc(-c3cc(C(C)(C)C)cc(C(C)(C)C)c3)c2-[n+]2[c-]n(-c3[c-]c(Oc4[c-]c5c(cc4)c4ccccc4n5-c4cc(C(C)(C)C)ccn4)ccc3)c3cc(-c4c(C([2H])([2H])[2H])cccc4C([2H])([2H])[2H])ccc32)(c2c([2H])c([2H])c([2H])c([2H])c2[2H])c2c([2H])c([2H])c([2H])c([2H])c2[2H])c([2H])c1[2H].[Pt]. The van der Waals surface area contributed by atoms with E-state index in [1.54, 1.807) is 54.7 Å². The molecule has 10 aromatic carbocycles. The fourth-order valence-corrected chi connectivity index (χ4v) is 15.5. The van der Waals surface area contributed by atoms with Crippen molar-refractivity contribution in [3.05, 3.63) is 283 Å². The minimum Gasteiger partial charge on any atom is -0.510 e. The van der Waals surface area contributed by atoms with E-state index in [0.29, 0.717) is 16.9 Å². The van der Waals surface area contributed by atoms with E-state index in [4.69, 9.17) is 22.1 Å². The van der Waals surface area contributed by atoms with Gasteiger partial charge in [-0.3, -0.25) is 4.57 Å². The Morgan fingerprint density at radius 1 is 0.529 bits per heavy atom. The van der Waals surface area contributed by atoms with E-state index in [-0.39, 0.29) is 93.4 Å². The Balaban J connectivity index is 0.0000109. The van der Waals surface area contributed by atoms with Crippen LogP contribution in [0.1, 0.15) is 119 Å². The van der Waals surface area contributed by atoms with Crippen LogP contribution in [0.4, 0.5) is 0 Å². The Kier molecular flexibility index (Phi) is 10.1. The van der Waals surface area contributed by atoms with Crippen LogP contribution in [0.2, 0.25) is 0 Å². The van der Waals surface area contributed by atoms with Crippen molar-refractivity contribution < 1.29 is 59.2 Å². The molecule has 0 aliphatic heterocycles. The number of hydrogen-bond donors (Lipinski definition) is 0. The molecule has 0 aliphatic carbocycles. The molecule has 0 bridgehead atoms. The molecule has 0 N–H and O–H groups in total. The molecular weight excluding hydrogens is 1260 g/mol. The number of imidazole rings is 1. The predicted molar refractivity (Wildman–Crippen MR) is 360 cm³/mol. The third-order valence-corrected chi connectivity index (χ3v) is 20.1. The van der Waals surface area contributed by atoms with Crippen LogP contribution in [-0.2, 0) is 37.3 Å². The topological polar surface area (TPSA) is 35.9 Å². The summed E-state index contributed by atoms with van der Waals surface area (Å²) in [6.45, 7) is 12.7. The smallest absolute Gasteiger partial charge is 0.268 e. The summed E-state index contributed by atoms with van der Waals surface area (Å²) in [5.74, 6) is 1.05. The summed E-state index contributed by atoms with van der Waals surface area (Å²) < 4.78 is 210. The van der Waals surface area contributed by atoms with Crippen LogP contribution in [0, 0.1) is 32.2 Å². The summed E-state index contributed by atoms with van der Waals surface area (Å²) in [4.78, 5) is 4.85. The zero-order valence-corrected chi connectivity index (χ0v) is 52.6. The van der Waals surface area contributed by atoms with Gasteiger partial charge in [-0.1, -0.05) is 243 Å². The molecule has 0 saturated heterocycles. The van der Waals surface area contributed by atoms with Crippen LogP contribution in [0.25, 0.3) is 72.3 Å². The molecular formula is C80H72N4OPtSi-2. The fraction of sp³-hybridized carbons (Fsp3) is 0.175. The van der Waals surface area contributed by atoms with Crippen LogP contribution in [0.15, 0.2) is 236 Å². The van der Waals surface area contributed by atoms with Gasteiger partial charge in [-0.2, -0.15) is 18.2 Å². The van der Waals surface area contributed by atoms with E-state index in [9.17, 15) is 16.4 Å². The third-order valence-electron chi connectivity index (χ3n) is 15.9. The first kappa shape index (κ1) is 38.5. The maximum atomic E-state index is 10.2. The molecule has 0 spiro atoms. The summed E-state index contributed by atoms with van der Waals surface area (Å²) >= 11 is 0. The predicted octanol–water partition coefficient (Wildman–Crippen LogP) is 16.8. The molecule has 13 aromatic rings. The third kappa shape index (κ3) is 10.7. The molecule has 3 aromatic heterocycles. The van der Waals surface area contributed by atoms with E-state index in [1.165, 1.54) is 39.5 Å². The first-order valence-corrected chi connectivity index (χ1v) is 30.3. The average Bonchev–Trinajstić information content (AvgIpc) is 0.747. The van der Waals surface area contributed by atoms with Crippen molar-refractivity contribution in [1.29, 1.82) is 0 Å². The average molecular weight is 1350 g/mol. The molecule has 87 heavy (non-hydrogen) atoms. The Morgan fingerprint density at radius 2 is 1.13 bits per heavy atom. The summed E-state index contributed by atoms with van der Waals surface area (Å²) in [7, 11) is -6.02. The quantitative estimate of drug-likeness (QED) is 0.0560. The number of nitrogens with zero attached hydrogens (tertiary/aromatic N) is 4. The van der Waals surface area contributed by atoms with Crippen LogP contribution in [0.3, 0.4) is 0 Å². The molecule has 5 nitrogen and oxygen atoms in total. The standard InChI is InChI=1S/C80H72N4OSi.Pt/c1-54-26-23-27-55(2)76(54)56-40-43-71-73(48-56)82(61-28-24-29-62(51-61)85-63-41-42-69-68-36-21-22-38-70(68)84(72(69)52-63)75-50-58(44-45-81-75)78(3,4)5)53-83(71)77-67(57-46-59(79(6,7)8)49-60(47-57)80(9,10)11)37-25-39-74(77)86(64-30-15-12-16-31-64,65-32-17-13-18-33-65)66-34-19-14-20-35-66;/h12-50H,1-11H3;/q-2;/i1D3,2D3,12D,13D,14D,15D,16D,17D,18D,19D,20D,30D,31D,32D,33D,34D,35D;. The van der Waals surface area contributed by atoms with Gasteiger partial charge in [0.2, 0.25) is 0 Å². The Hall–Kier alpha value is -8.67. The van der Waals surface area contributed by atoms with Crippen molar-refractivity contribution >= 4 is 61.7 Å². The number of aryl methyl sites for hydroxylation is 2. The van der Waals surface area contributed by atoms with Crippen molar-refractivity contribution in [1.82, 2.24) is 14.1 Å². The van der Waals surface area contributed by atoms with Gasteiger partial charge in [0.15, 0.2) is 8.07 Å². The van der Waals surface area contributed by atoms with Gasteiger partial charge in [0.05, 0.1) is 37.3 Å². The molecule has 434 valence electrons. The van der Waals surface area contributed by atoms with Crippen molar-refractivity contribution in [3.8, 4) is 50.9 Å². The maximum Gasteiger partial charge on any atom is 0.268 e. The van der Waals surface area contributed by atoms with Crippen LogP contribution >= 0.6 is 0 Å². The van der Waals surface area contributed by atoms with Gasteiger partial charge in [0.25, 0.3) is 6.33 Å². The second-order valence-electron chi connectivity index (χ2n) is 24.5. The van der Waals surface area contributed by atoms with Gasteiger partial charge in [-0.05, 0) is 136 Å². The molecule has 7 heteroatoms. The normalized spacial score (nSPS) is 15.9. The zero-order chi connectivity index (χ0) is 77.8. The van der Waals surface area contributed by atoms with E-state index >= 15 is 0 Å². The van der Waals surface area contributed by atoms with Gasteiger partial charge in [0.1, 0.15) is 5.82 Å². The van der Waals surface area contributed by atoms with E-state index in [0.717, 1.165) is 33.0 Å². The number of para-hydroxylation sites is 2. The largest absolute Gasteiger partial charge is 0.510 e. The summed E-state index contributed by atoms with van der Waals surface area (Å²) in [6.07, 6.45) is 5.32. The van der Waals surface area contributed by atoms with Gasteiger partial charge in [-0.15, -0.1) is 29.7 Å². The molecule has 13 rings (SSSR count). The number of aromatic nitrogens is 4. The second-order valence-corrected chi connectivity index (χ2v) is 28.1. The van der Waals surface area contributed by atoms with Crippen LogP contribution < -0.4 is 30.1 Å². The number of ether oxygens (including phenoxy) is 1. The van der Waals surface area contributed by atoms with Crippen molar-refractivity contribution in [2.75, 3.05) is 0 Å². The van der Waals surface area contributed by atoms with Gasteiger partial charge < -0.3 is 13.9 Å². The Morgan fingerprint density at radius 3 is 1.75 bits per heavy atom. The Labute approximate surface area is 558 Å². The summed E-state index contributed by atoms with van der Waals surface area (Å²) in [5, 5.41) is -0.618. The van der Waals surface area contributed by atoms with Crippen molar-refractivity contribution in [2.24, 2.45) is 0 Å².